The van der Waals surface area contributed by atoms with E-state index in [2.05, 4.69) is 90.0 Å². The van der Waals surface area contributed by atoms with Crippen molar-refractivity contribution in [2.75, 3.05) is 55.9 Å². The summed E-state index contributed by atoms with van der Waals surface area (Å²) in [5.74, 6) is 2.04. The van der Waals surface area contributed by atoms with Crippen molar-refractivity contribution in [3.63, 3.8) is 0 Å². The third kappa shape index (κ3) is 4.92. The number of nitrogens with zero attached hydrogens (tertiary/aromatic N) is 5. The molecule has 3 fully saturated rings. The highest BCUT2D eigenvalue weighted by molar-refractivity contribution is 9.10. The standard InChI is InChI=1S/C32H34BrN7O2/c1-4-30(41)35-25-11-26(29(42-3)12-28(25)39-16-19-14-38(2)15-20(19)17-39)36-32-34-13-24(33)31(37-32)23-18-40(21-9-10-21)27-8-6-5-7-22(23)27/h4-8,11-13,18-21H,1,9-10,14-17H2,2-3H3,(H,35,41)(H,34,36,37). The lowest BCUT2D eigenvalue weighted by molar-refractivity contribution is -0.111. The molecule has 9 nitrogen and oxygen atoms in total. The fraction of sp³-hybridized carbons (Fsp3) is 0.344. The van der Waals surface area contributed by atoms with Crippen LogP contribution >= 0.6 is 15.9 Å². The number of nitrogens with one attached hydrogen (secondary N) is 2. The molecule has 7 rings (SSSR count). The summed E-state index contributed by atoms with van der Waals surface area (Å²) < 4.78 is 9.04. The van der Waals surface area contributed by atoms with Crippen LogP contribution in [0.1, 0.15) is 18.9 Å². The number of fused-ring (bicyclic) bond motifs is 2. The lowest BCUT2D eigenvalue weighted by atomic mass is 10.0. The molecule has 42 heavy (non-hydrogen) atoms. The van der Waals surface area contributed by atoms with Gasteiger partial charge in [-0.15, -0.1) is 0 Å². The first-order chi connectivity index (χ1) is 20.4. The Balaban J connectivity index is 1.24. The molecule has 1 saturated carbocycles. The van der Waals surface area contributed by atoms with Crippen molar-refractivity contribution < 1.29 is 9.53 Å². The monoisotopic (exact) mass is 627 g/mol. The Labute approximate surface area is 253 Å². The molecular weight excluding hydrogens is 594 g/mol. The molecule has 2 atom stereocenters. The normalized spacial score (nSPS) is 20.1. The summed E-state index contributed by atoms with van der Waals surface area (Å²) in [6.07, 6.45) is 7.67. The summed E-state index contributed by atoms with van der Waals surface area (Å²) >= 11 is 3.69. The SMILES string of the molecule is C=CC(=O)Nc1cc(Nc2ncc(Br)c(-c3cn(C4CC4)c4ccccc34)n2)c(OC)cc1N1CC2CN(C)CC2C1. The number of carbonyl (C=O) groups is 1. The number of methoxy groups -OCH3 is 1. The number of rotatable bonds is 8. The van der Waals surface area contributed by atoms with Crippen LogP contribution in [-0.4, -0.2) is 65.7 Å². The number of carbonyl (C=O) groups excluding carboxylic acids is 1. The van der Waals surface area contributed by atoms with E-state index in [1.165, 1.54) is 24.4 Å². The minimum Gasteiger partial charge on any atom is -0.494 e. The van der Waals surface area contributed by atoms with Gasteiger partial charge in [-0.05, 0) is 65.9 Å². The van der Waals surface area contributed by atoms with E-state index in [4.69, 9.17) is 9.72 Å². The molecule has 0 radical (unpaired) electrons. The van der Waals surface area contributed by atoms with Crippen molar-refractivity contribution in [3.8, 4) is 17.0 Å². The van der Waals surface area contributed by atoms with Crippen LogP contribution in [0.25, 0.3) is 22.2 Å². The summed E-state index contributed by atoms with van der Waals surface area (Å²) in [7, 11) is 3.84. The van der Waals surface area contributed by atoms with Crippen LogP contribution in [-0.2, 0) is 4.79 Å². The van der Waals surface area contributed by atoms with E-state index in [-0.39, 0.29) is 5.91 Å². The van der Waals surface area contributed by atoms with E-state index in [9.17, 15) is 4.79 Å². The highest BCUT2D eigenvalue weighted by Crippen LogP contribution is 2.44. The Bertz CT molecular complexity index is 1680. The van der Waals surface area contributed by atoms with E-state index in [1.807, 2.05) is 12.1 Å². The van der Waals surface area contributed by atoms with Crippen LogP contribution in [0.15, 0.2) is 65.9 Å². The number of anilines is 4. The van der Waals surface area contributed by atoms with E-state index in [0.29, 0.717) is 41.0 Å². The van der Waals surface area contributed by atoms with Crippen LogP contribution in [0, 0.1) is 11.8 Å². The molecule has 2 unspecified atom stereocenters. The molecule has 1 aliphatic carbocycles. The van der Waals surface area contributed by atoms with Gasteiger partial charge < -0.3 is 29.7 Å². The Kier molecular flexibility index (Phi) is 6.90. The largest absolute Gasteiger partial charge is 0.494 e. The Hall–Kier alpha value is -3.89. The molecule has 2 saturated heterocycles. The topological polar surface area (TPSA) is 87.5 Å². The predicted octanol–water partition coefficient (Wildman–Crippen LogP) is 6.07. The van der Waals surface area contributed by atoms with Crippen LogP contribution in [0.5, 0.6) is 5.75 Å². The number of hydrogen-bond acceptors (Lipinski definition) is 7. The van der Waals surface area contributed by atoms with Gasteiger partial charge in [0, 0.05) is 67.1 Å². The van der Waals surface area contributed by atoms with Crippen molar-refractivity contribution in [2.24, 2.45) is 11.8 Å². The molecule has 1 amide bonds. The molecule has 216 valence electrons. The van der Waals surface area contributed by atoms with E-state index < -0.39 is 0 Å². The average Bonchev–Trinajstić information content (AvgIpc) is 3.52. The number of hydrogen-bond donors (Lipinski definition) is 2. The zero-order valence-electron chi connectivity index (χ0n) is 23.8. The van der Waals surface area contributed by atoms with Crippen molar-refractivity contribution >= 4 is 55.8 Å². The predicted molar refractivity (Wildman–Crippen MR) is 171 cm³/mol. The summed E-state index contributed by atoms with van der Waals surface area (Å²) in [6.45, 7) is 7.71. The number of halogens is 1. The van der Waals surface area contributed by atoms with Gasteiger partial charge in [0.15, 0.2) is 0 Å². The number of aromatic nitrogens is 3. The van der Waals surface area contributed by atoms with Gasteiger partial charge in [-0.1, -0.05) is 24.8 Å². The lowest BCUT2D eigenvalue weighted by Gasteiger charge is -2.26. The molecule has 2 aromatic heterocycles. The highest BCUT2D eigenvalue weighted by atomic mass is 79.9. The van der Waals surface area contributed by atoms with Crippen molar-refractivity contribution in [1.29, 1.82) is 0 Å². The molecule has 2 aromatic carbocycles. The second-order valence-corrected chi connectivity index (χ2v) is 12.5. The first kappa shape index (κ1) is 27.0. The zero-order valence-corrected chi connectivity index (χ0v) is 25.4. The second-order valence-electron chi connectivity index (χ2n) is 11.6. The maximum Gasteiger partial charge on any atom is 0.247 e. The maximum absolute atomic E-state index is 12.5. The summed E-state index contributed by atoms with van der Waals surface area (Å²) in [5.41, 5.74) is 5.38. The van der Waals surface area contributed by atoms with Crippen LogP contribution in [0.2, 0.25) is 0 Å². The number of amides is 1. The quantitative estimate of drug-likeness (QED) is 0.229. The van der Waals surface area contributed by atoms with Gasteiger partial charge in [-0.3, -0.25) is 4.79 Å². The lowest BCUT2D eigenvalue weighted by Crippen LogP contribution is -2.27. The first-order valence-electron chi connectivity index (χ1n) is 14.4. The summed E-state index contributed by atoms with van der Waals surface area (Å²) in [6, 6.07) is 12.9. The second kappa shape index (κ2) is 10.7. The van der Waals surface area contributed by atoms with Gasteiger partial charge in [0.2, 0.25) is 11.9 Å². The third-order valence-corrected chi connectivity index (χ3v) is 9.28. The van der Waals surface area contributed by atoms with Crippen molar-refractivity contribution in [2.45, 2.75) is 18.9 Å². The van der Waals surface area contributed by atoms with Gasteiger partial charge in [0.05, 0.1) is 34.3 Å². The highest BCUT2D eigenvalue weighted by Gasteiger charge is 2.39. The van der Waals surface area contributed by atoms with E-state index in [0.717, 1.165) is 53.0 Å². The minimum absolute atomic E-state index is 0.263. The molecule has 10 heteroatoms. The van der Waals surface area contributed by atoms with Crippen molar-refractivity contribution in [3.05, 3.63) is 65.9 Å². The third-order valence-electron chi connectivity index (χ3n) is 8.70. The van der Waals surface area contributed by atoms with Crippen LogP contribution in [0.3, 0.4) is 0 Å². The van der Waals surface area contributed by atoms with Gasteiger partial charge in [-0.25, -0.2) is 9.97 Å². The molecular formula is C32H34BrN7O2. The smallest absolute Gasteiger partial charge is 0.247 e. The molecule has 4 aromatic rings. The Morgan fingerprint density at radius 2 is 1.88 bits per heavy atom. The van der Waals surface area contributed by atoms with Crippen LogP contribution in [0.4, 0.5) is 23.0 Å². The molecule has 0 spiro atoms. The fourth-order valence-corrected chi connectivity index (χ4v) is 7.00. The van der Waals surface area contributed by atoms with E-state index in [1.54, 1.807) is 13.3 Å². The fourth-order valence-electron chi connectivity index (χ4n) is 6.59. The van der Waals surface area contributed by atoms with Gasteiger partial charge in [0.25, 0.3) is 0 Å². The molecule has 0 bridgehead atoms. The first-order valence-corrected chi connectivity index (χ1v) is 15.2. The maximum atomic E-state index is 12.5. The van der Waals surface area contributed by atoms with Gasteiger partial charge in [0.1, 0.15) is 5.75 Å². The van der Waals surface area contributed by atoms with Gasteiger partial charge >= 0.3 is 0 Å². The van der Waals surface area contributed by atoms with Gasteiger partial charge in [-0.2, -0.15) is 0 Å². The van der Waals surface area contributed by atoms with Crippen molar-refractivity contribution in [1.82, 2.24) is 19.4 Å². The number of para-hydroxylation sites is 1. The Morgan fingerprint density at radius 3 is 2.60 bits per heavy atom. The number of ether oxygens (including phenoxy) is 1. The Morgan fingerprint density at radius 1 is 1.12 bits per heavy atom. The molecule has 3 aliphatic rings. The van der Waals surface area contributed by atoms with Crippen LogP contribution < -0.4 is 20.3 Å². The van der Waals surface area contributed by atoms with E-state index >= 15 is 0 Å². The molecule has 2 aliphatic heterocycles. The number of likely N-dealkylation sites (tertiary alicyclic amines) is 1. The molecule has 4 heterocycles. The minimum atomic E-state index is -0.263. The summed E-state index contributed by atoms with van der Waals surface area (Å²) in [5, 5.41) is 7.55. The summed E-state index contributed by atoms with van der Waals surface area (Å²) in [4.78, 5) is 26.8. The zero-order chi connectivity index (χ0) is 29.0. The average molecular weight is 629 g/mol. The number of benzene rings is 2. The molecule has 2 N–H and O–H groups in total.